The molecule has 0 radical (unpaired) electrons. The smallest absolute Gasteiger partial charge is 0.251 e. The van der Waals surface area contributed by atoms with Gasteiger partial charge in [0, 0.05) is 12.2 Å². The molecule has 1 fully saturated rings. The molecule has 1 N–H and O–H groups in total. The van der Waals surface area contributed by atoms with Gasteiger partial charge in [-0.1, -0.05) is 18.2 Å². The molecule has 0 aliphatic carbocycles. The van der Waals surface area contributed by atoms with E-state index in [9.17, 15) is 9.59 Å². The summed E-state index contributed by atoms with van der Waals surface area (Å²) in [6.45, 7) is 3.17. The molecule has 5 heteroatoms. The Morgan fingerprint density at radius 2 is 2.04 bits per heavy atom. The number of hydrogen-bond donors (Lipinski definition) is 1. The third-order valence-electron chi connectivity index (χ3n) is 4.40. The standard InChI is InChI=1S/C18H22N2O3/c1-13-15(9-6-12-23-13)17(21)19-16-10-5-11-20(18(16)22)14-7-3-2-4-8-14/h2-4,7-8,16H,5-6,9-12H2,1H3,(H,19,21). The third kappa shape index (κ3) is 3.38. The van der Waals surface area contributed by atoms with Gasteiger partial charge in [0.2, 0.25) is 5.91 Å². The fourth-order valence-electron chi connectivity index (χ4n) is 3.13. The highest BCUT2D eigenvalue weighted by Crippen LogP contribution is 2.22. The normalized spacial score (nSPS) is 21.9. The average molecular weight is 314 g/mol. The monoisotopic (exact) mass is 314 g/mol. The van der Waals surface area contributed by atoms with Crippen LogP contribution in [0.15, 0.2) is 41.7 Å². The van der Waals surface area contributed by atoms with Crippen LogP contribution in [-0.4, -0.2) is 31.0 Å². The van der Waals surface area contributed by atoms with E-state index in [-0.39, 0.29) is 11.8 Å². The number of carbonyl (C=O) groups excluding carboxylic acids is 2. The molecule has 2 amide bonds. The van der Waals surface area contributed by atoms with Gasteiger partial charge in [-0.2, -0.15) is 0 Å². The highest BCUT2D eigenvalue weighted by molar-refractivity contribution is 6.02. The van der Waals surface area contributed by atoms with Gasteiger partial charge in [-0.15, -0.1) is 0 Å². The van der Waals surface area contributed by atoms with Gasteiger partial charge in [0.25, 0.3) is 5.91 Å². The van der Waals surface area contributed by atoms with E-state index in [1.54, 1.807) is 4.90 Å². The Morgan fingerprint density at radius 1 is 1.26 bits per heavy atom. The minimum atomic E-state index is -0.460. The van der Waals surface area contributed by atoms with Crippen molar-refractivity contribution in [1.29, 1.82) is 0 Å². The molecule has 0 aromatic heterocycles. The SMILES string of the molecule is CC1=C(C(=O)NC2CCCN(c3ccccc3)C2=O)CCCO1. The third-order valence-corrected chi connectivity index (χ3v) is 4.40. The second kappa shape index (κ2) is 6.86. The van der Waals surface area contributed by atoms with E-state index in [1.807, 2.05) is 37.3 Å². The Bertz CT molecular complexity index is 624. The van der Waals surface area contributed by atoms with E-state index in [2.05, 4.69) is 5.32 Å². The molecular formula is C18H22N2O3. The predicted octanol–water partition coefficient (Wildman–Crippen LogP) is 2.38. The number of piperidine rings is 1. The molecule has 0 bridgehead atoms. The van der Waals surface area contributed by atoms with Gasteiger partial charge in [-0.25, -0.2) is 0 Å². The number of allylic oxidation sites excluding steroid dienone is 1. The van der Waals surface area contributed by atoms with Gasteiger partial charge in [0.05, 0.1) is 12.2 Å². The first kappa shape index (κ1) is 15.6. The highest BCUT2D eigenvalue weighted by Gasteiger charge is 2.32. The zero-order chi connectivity index (χ0) is 16.2. The lowest BCUT2D eigenvalue weighted by Crippen LogP contribution is -2.52. The Labute approximate surface area is 136 Å². The van der Waals surface area contributed by atoms with Gasteiger partial charge < -0.3 is 15.0 Å². The second-order valence-corrected chi connectivity index (χ2v) is 5.98. The molecule has 1 aromatic rings. The predicted molar refractivity (Wildman–Crippen MR) is 87.8 cm³/mol. The maximum Gasteiger partial charge on any atom is 0.251 e. The molecule has 5 nitrogen and oxygen atoms in total. The van der Waals surface area contributed by atoms with Crippen LogP contribution in [0.2, 0.25) is 0 Å². The van der Waals surface area contributed by atoms with Gasteiger partial charge in [-0.05, 0) is 44.7 Å². The quantitative estimate of drug-likeness (QED) is 0.932. The number of para-hydroxylation sites is 1. The molecule has 122 valence electrons. The van der Waals surface area contributed by atoms with E-state index in [1.165, 1.54) is 0 Å². The van der Waals surface area contributed by atoms with Crippen molar-refractivity contribution in [1.82, 2.24) is 5.32 Å². The number of nitrogens with zero attached hydrogens (tertiary/aromatic N) is 1. The molecule has 3 rings (SSSR count). The summed E-state index contributed by atoms with van der Waals surface area (Å²) in [5.74, 6) is 0.471. The molecular weight excluding hydrogens is 292 g/mol. The number of rotatable bonds is 3. The van der Waals surface area contributed by atoms with Crippen molar-refractivity contribution in [2.45, 2.75) is 38.6 Å². The molecule has 2 aliphatic heterocycles. The largest absolute Gasteiger partial charge is 0.498 e. The first-order valence-electron chi connectivity index (χ1n) is 8.16. The summed E-state index contributed by atoms with van der Waals surface area (Å²) in [4.78, 5) is 26.9. The summed E-state index contributed by atoms with van der Waals surface area (Å²) in [6.07, 6.45) is 3.11. The van der Waals surface area contributed by atoms with Crippen molar-refractivity contribution in [3.63, 3.8) is 0 Å². The van der Waals surface area contributed by atoms with Crippen LogP contribution in [0.5, 0.6) is 0 Å². The molecule has 2 heterocycles. The van der Waals surface area contributed by atoms with Crippen molar-refractivity contribution in [2.24, 2.45) is 0 Å². The molecule has 1 atom stereocenters. The van der Waals surface area contributed by atoms with Crippen molar-refractivity contribution < 1.29 is 14.3 Å². The number of carbonyl (C=O) groups is 2. The molecule has 2 aliphatic rings. The van der Waals surface area contributed by atoms with Crippen molar-refractivity contribution in [2.75, 3.05) is 18.1 Å². The van der Waals surface area contributed by atoms with Crippen molar-refractivity contribution in [3.05, 3.63) is 41.7 Å². The zero-order valence-corrected chi connectivity index (χ0v) is 13.4. The molecule has 1 aromatic carbocycles. The van der Waals surface area contributed by atoms with Crippen LogP contribution in [0.25, 0.3) is 0 Å². The zero-order valence-electron chi connectivity index (χ0n) is 13.4. The van der Waals surface area contributed by atoms with Gasteiger partial charge in [0.15, 0.2) is 0 Å². The van der Waals surface area contributed by atoms with Crippen molar-refractivity contribution >= 4 is 17.5 Å². The summed E-state index contributed by atoms with van der Waals surface area (Å²) >= 11 is 0. The highest BCUT2D eigenvalue weighted by atomic mass is 16.5. The van der Waals surface area contributed by atoms with Crippen LogP contribution in [-0.2, 0) is 14.3 Å². The van der Waals surface area contributed by atoms with E-state index in [0.717, 1.165) is 18.5 Å². The molecule has 0 saturated carbocycles. The number of ether oxygens (including phenoxy) is 1. The van der Waals surface area contributed by atoms with Crippen LogP contribution in [0.3, 0.4) is 0 Å². The lowest BCUT2D eigenvalue weighted by Gasteiger charge is -2.33. The van der Waals surface area contributed by atoms with Gasteiger partial charge in [0.1, 0.15) is 11.8 Å². The maximum absolute atomic E-state index is 12.7. The van der Waals surface area contributed by atoms with Crippen LogP contribution in [0.1, 0.15) is 32.6 Å². The first-order chi connectivity index (χ1) is 11.2. The summed E-state index contributed by atoms with van der Waals surface area (Å²) in [7, 11) is 0. The van der Waals surface area contributed by atoms with E-state index >= 15 is 0 Å². The summed E-state index contributed by atoms with van der Waals surface area (Å²) in [6, 6.07) is 9.14. The number of benzene rings is 1. The topological polar surface area (TPSA) is 58.6 Å². The number of amides is 2. The van der Waals surface area contributed by atoms with Crippen molar-refractivity contribution in [3.8, 4) is 0 Å². The van der Waals surface area contributed by atoms with Crippen LogP contribution >= 0.6 is 0 Å². The average Bonchev–Trinajstić information content (AvgIpc) is 2.58. The number of hydrogen-bond acceptors (Lipinski definition) is 3. The van der Waals surface area contributed by atoms with E-state index in [4.69, 9.17) is 4.74 Å². The van der Waals surface area contributed by atoms with Crippen LogP contribution in [0.4, 0.5) is 5.69 Å². The summed E-state index contributed by atoms with van der Waals surface area (Å²) in [5, 5.41) is 2.90. The lowest BCUT2D eigenvalue weighted by molar-refractivity contribution is -0.127. The Kier molecular flexibility index (Phi) is 4.65. The van der Waals surface area contributed by atoms with E-state index in [0.29, 0.717) is 37.3 Å². The lowest BCUT2D eigenvalue weighted by atomic mass is 10.0. The van der Waals surface area contributed by atoms with Crippen LogP contribution < -0.4 is 10.2 Å². The fraction of sp³-hybridized carbons (Fsp3) is 0.444. The summed E-state index contributed by atoms with van der Waals surface area (Å²) < 4.78 is 5.44. The minimum absolute atomic E-state index is 0.0363. The summed E-state index contributed by atoms with van der Waals surface area (Å²) in [5.41, 5.74) is 1.55. The minimum Gasteiger partial charge on any atom is -0.498 e. The molecule has 1 saturated heterocycles. The second-order valence-electron chi connectivity index (χ2n) is 5.98. The number of anilines is 1. The Morgan fingerprint density at radius 3 is 2.78 bits per heavy atom. The molecule has 1 unspecified atom stereocenters. The Hall–Kier alpha value is -2.30. The molecule has 23 heavy (non-hydrogen) atoms. The van der Waals surface area contributed by atoms with E-state index < -0.39 is 6.04 Å². The maximum atomic E-state index is 12.7. The number of nitrogens with one attached hydrogen (secondary N) is 1. The first-order valence-corrected chi connectivity index (χ1v) is 8.16. The Balaban J connectivity index is 1.71. The fourth-order valence-corrected chi connectivity index (χ4v) is 3.13. The van der Waals surface area contributed by atoms with Crippen LogP contribution in [0, 0.1) is 0 Å². The molecule has 0 spiro atoms. The van der Waals surface area contributed by atoms with Gasteiger partial charge in [-0.3, -0.25) is 9.59 Å². The van der Waals surface area contributed by atoms with Gasteiger partial charge >= 0.3 is 0 Å².